The van der Waals surface area contributed by atoms with E-state index in [1.807, 2.05) is 6.92 Å². The monoisotopic (exact) mass is 194 g/mol. The summed E-state index contributed by atoms with van der Waals surface area (Å²) in [6.45, 7) is 1.89. The van der Waals surface area contributed by atoms with Crippen molar-refractivity contribution in [2.24, 2.45) is 11.8 Å². The number of alkyl halides is 2. The van der Waals surface area contributed by atoms with Gasteiger partial charge in [-0.05, 0) is 5.92 Å². The summed E-state index contributed by atoms with van der Waals surface area (Å²) in [5, 5.41) is 8.27. The number of rotatable bonds is 2. The molecule has 2 nitrogen and oxygen atoms in total. The van der Waals surface area contributed by atoms with E-state index in [1.165, 1.54) is 6.08 Å². The predicted octanol–water partition coefficient (Wildman–Crippen LogP) is 2.07. The average Bonchev–Trinajstić information content (AvgIpc) is 2.30. The van der Waals surface area contributed by atoms with E-state index in [1.54, 1.807) is 0 Å². The van der Waals surface area contributed by atoms with Gasteiger partial charge in [-0.2, -0.15) is 0 Å². The van der Waals surface area contributed by atoms with Crippen molar-refractivity contribution in [1.29, 1.82) is 0 Å². The molecular formula is C7H8Cl2O2. The molecule has 1 rings (SSSR count). The fourth-order valence-corrected chi connectivity index (χ4v) is 1.66. The first-order valence-electron chi connectivity index (χ1n) is 3.25. The van der Waals surface area contributed by atoms with Crippen molar-refractivity contribution in [3.05, 3.63) is 12.2 Å². The van der Waals surface area contributed by atoms with E-state index >= 15 is 0 Å². The highest BCUT2D eigenvalue weighted by Gasteiger charge is 2.58. The molecule has 62 valence electrons. The topological polar surface area (TPSA) is 37.3 Å². The first kappa shape index (κ1) is 8.88. The Hall–Kier alpha value is -0.210. The summed E-state index contributed by atoms with van der Waals surface area (Å²) in [4.78, 5) is 10.1. The van der Waals surface area contributed by atoms with Crippen molar-refractivity contribution in [1.82, 2.24) is 0 Å². The summed E-state index contributed by atoms with van der Waals surface area (Å²) < 4.78 is -0.744. The summed E-state index contributed by atoms with van der Waals surface area (Å²) in [7, 11) is 0. The predicted molar refractivity (Wildman–Crippen MR) is 43.9 cm³/mol. The largest absolute Gasteiger partial charge is 0.478 e. The molecule has 0 spiro atoms. The molecule has 1 aliphatic carbocycles. The van der Waals surface area contributed by atoms with Crippen LogP contribution in [0.4, 0.5) is 0 Å². The maximum Gasteiger partial charge on any atom is 0.327 e. The molecule has 0 aromatic rings. The standard InChI is InChI=1S/C7H8Cl2O2/c1-4-5(7(4,8)9)2-3-6(10)11/h2-5H,1H3,(H,10,11)/b3-2+. The molecule has 2 atom stereocenters. The second-order valence-electron chi connectivity index (χ2n) is 2.69. The van der Waals surface area contributed by atoms with Gasteiger partial charge in [-0.3, -0.25) is 0 Å². The zero-order chi connectivity index (χ0) is 8.65. The summed E-state index contributed by atoms with van der Waals surface area (Å²) in [6, 6.07) is 0. The van der Waals surface area contributed by atoms with E-state index < -0.39 is 10.3 Å². The van der Waals surface area contributed by atoms with Gasteiger partial charge >= 0.3 is 5.97 Å². The highest BCUT2D eigenvalue weighted by Crippen LogP contribution is 2.59. The van der Waals surface area contributed by atoms with E-state index in [0.717, 1.165) is 6.08 Å². The average molecular weight is 195 g/mol. The number of allylic oxidation sites excluding steroid dienone is 1. The van der Waals surface area contributed by atoms with Crippen LogP contribution in [-0.2, 0) is 4.79 Å². The third-order valence-corrected chi connectivity index (χ3v) is 3.12. The molecule has 0 radical (unpaired) electrons. The third-order valence-electron chi connectivity index (χ3n) is 1.93. The molecule has 0 bridgehead atoms. The summed E-state index contributed by atoms with van der Waals surface area (Å²) in [5.74, 6) is -0.823. The lowest BCUT2D eigenvalue weighted by Gasteiger charge is -1.89. The van der Waals surface area contributed by atoms with Crippen LogP contribution in [0.2, 0.25) is 0 Å². The van der Waals surface area contributed by atoms with Gasteiger partial charge in [0, 0.05) is 12.0 Å². The van der Waals surface area contributed by atoms with Crippen molar-refractivity contribution >= 4 is 29.2 Å². The van der Waals surface area contributed by atoms with E-state index in [4.69, 9.17) is 28.3 Å². The van der Waals surface area contributed by atoms with Crippen LogP contribution in [-0.4, -0.2) is 15.4 Å². The van der Waals surface area contributed by atoms with Crippen molar-refractivity contribution in [2.75, 3.05) is 0 Å². The van der Waals surface area contributed by atoms with Crippen LogP contribution in [0.25, 0.3) is 0 Å². The fraction of sp³-hybridized carbons (Fsp3) is 0.571. The molecule has 0 amide bonds. The first-order valence-corrected chi connectivity index (χ1v) is 4.01. The maximum absolute atomic E-state index is 10.1. The van der Waals surface area contributed by atoms with E-state index in [0.29, 0.717) is 0 Å². The van der Waals surface area contributed by atoms with Crippen molar-refractivity contribution < 1.29 is 9.90 Å². The highest BCUT2D eigenvalue weighted by molar-refractivity contribution is 6.51. The van der Waals surface area contributed by atoms with Gasteiger partial charge in [0.25, 0.3) is 0 Å². The SMILES string of the molecule is CC1C(/C=C/C(=O)O)C1(Cl)Cl. The molecule has 1 aliphatic rings. The number of carboxylic acid groups (broad SMARTS) is 1. The van der Waals surface area contributed by atoms with Gasteiger partial charge in [-0.25, -0.2) is 4.79 Å². The summed E-state index contributed by atoms with van der Waals surface area (Å²) in [5.41, 5.74) is 0. The molecule has 1 N–H and O–H groups in total. The molecular weight excluding hydrogens is 187 g/mol. The molecule has 4 heteroatoms. The Balaban J connectivity index is 2.50. The number of hydrogen-bond donors (Lipinski definition) is 1. The van der Waals surface area contributed by atoms with Crippen LogP contribution in [0.5, 0.6) is 0 Å². The van der Waals surface area contributed by atoms with Crippen LogP contribution in [0.3, 0.4) is 0 Å². The van der Waals surface area contributed by atoms with Crippen LogP contribution < -0.4 is 0 Å². The van der Waals surface area contributed by atoms with Gasteiger partial charge < -0.3 is 5.11 Å². The van der Waals surface area contributed by atoms with Crippen LogP contribution in [0.1, 0.15) is 6.92 Å². The Labute approximate surface area is 74.8 Å². The molecule has 2 unspecified atom stereocenters. The number of carboxylic acids is 1. The zero-order valence-electron chi connectivity index (χ0n) is 5.92. The van der Waals surface area contributed by atoms with Gasteiger partial charge in [0.1, 0.15) is 4.33 Å². The van der Waals surface area contributed by atoms with Gasteiger partial charge in [-0.15, -0.1) is 23.2 Å². The number of aliphatic carboxylic acids is 1. The van der Waals surface area contributed by atoms with E-state index in [-0.39, 0.29) is 11.8 Å². The molecule has 0 aliphatic heterocycles. The Kier molecular flexibility index (Phi) is 2.17. The molecule has 1 saturated carbocycles. The number of carbonyl (C=O) groups is 1. The van der Waals surface area contributed by atoms with E-state index in [2.05, 4.69) is 0 Å². The first-order chi connectivity index (χ1) is 4.96. The molecule has 0 aromatic carbocycles. The Morgan fingerprint density at radius 2 is 2.09 bits per heavy atom. The summed E-state index contributed by atoms with van der Waals surface area (Å²) >= 11 is 11.5. The minimum atomic E-state index is -0.965. The van der Waals surface area contributed by atoms with Crippen LogP contribution in [0.15, 0.2) is 12.2 Å². The van der Waals surface area contributed by atoms with Crippen molar-refractivity contribution in [3.8, 4) is 0 Å². The molecule has 0 aromatic heterocycles. The quantitative estimate of drug-likeness (QED) is 0.540. The lowest BCUT2D eigenvalue weighted by atomic mass is 10.3. The summed E-state index contributed by atoms with van der Waals surface area (Å²) in [6.07, 6.45) is 2.61. The lowest BCUT2D eigenvalue weighted by Crippen LogP contribution is -1.90. The van der Waals surface area contributed by atoms with Crippen LogP contribution >= 0.6 is 23.2 Å². The van der Waals surface area contributed by atoms with Gasteiger partial charge in [0.2, 0.25) is 0 Å². The molecule has 1 fully saturated rings. The molecule has 0 heterocycles. The van der Waals surface area contributed by atoms with Crippen LogP contribution in [0, 0.1) is 11.8 Å². The van der Waals surface area contributed by atoms with Crippen molar-refractivity contribution in [3.63, 3.8) is 0 Å². The smallest absolute Gasteiger partial charge is 0.327 e. The Morgan fingerprint density at radius 1 is 1.64 bits per heavy atom. The highest BCUT2D eigenvalue weighted by atomic mass is 35.5. The number of halogens is 2. The third kappa shape index (κ3) is 1.68. The lowest BCUT2D eigenvalue weighted by molar-refractivity contribution is -0.131. The molecule has 0 saturated heterocycles. The van der Waals surface area contributed by atoms with Gasteiger partial charge in [-0.1, -0.05) is 13.0 Å². The Bertz CT molecular complexity index is 210. The van der Waals surface area contributed by atoms with Gasteiger partial charge in [0.15, 0.2) is 0 Å². The van der Waals surface area contributed by atoms with Crippen molar-refractivity contribution in [2.45, 2.75) is 11.3 Å². The minimum Gasteiger partial charge on any atom is -0.478 e. The maximum atomic E-state index is 10.1. The normalized spacial score (nSPS) is 34.1. The zero-order valence-corrected chi connectivity index (χ0v) is 7.43. The molecule has 11 heavy (non-hydrogen) atoms. The second-order valence-corrected chi connectivity index (χ2v) is 4.13. The fourth-order valence-electron chi connectivity index (χ4n) is 0.991. The minimum absolute atomic E-state index is 0.0121. The van der Waals surface area contributed by atoms with Gasteiger partial charge in [0.05, 0.1) is 0 Å². The van der Waals surface area contributed by atoms with E-state index in [9.17, 15) is 4.79 Å². The number of hydrogen-bond acceptors (Lipinski definition) is 1. The second kappa shape index (κ2) is 2.68. The Morgan fingerprint density at radius 3 is 2.36 bits per heavy atom.